The number of aromatic nitrogens is 2. The van der Waals surface area contributed by atoms with Crippen molar-refractivity contribution in [1.29, 1.82) is 0 Å². The van der Waals surface area contributed by atoms with E-state index in [0.717, 1.165) is 35.0 Å². The molecule has 4 rings (SSSR count). The molecule has 10 heteroatoms. The molecule has 1 N–H and O–H groups in total. The largest absolute Gasteiger partial charge is 0.465 e. The Bertz CT molecular complexity index is 1250. The lowest BCUT2D eigenvalue weighted by Crippen LogP contribution is -2.25. The molecule has 0 aliphatic heterocycles. The first-order valence-electron chi connectivity index (χ1n) is 10.7. The van der Waals surface area contributed by atoms with Gasteiger partial charge < -0.3 is 14.8 Å². The lowest BCUT2D eigenvalue weighted by Gasteiger charge is -2.13. The first-order valence-corrected chi connectivity index (χ1v) is 12.5. The lowest BCUT2D eigenvalue weighted by atomic mass is 10.2. The van der Waals surface area contributed by atoms with E-state index >= 15 is 0 Å². The molecule has 174 valence electrons. The van der Waals surface area contributed by atoms with Gasteiger partial charge in [-0.1, -0.05) is 23.9 Å². The number of carbonyl (C=O) groups excluding carboxylic acids is 2. The van der Waals surface area contributed by atoms with E-state index in [9.17, 15) is 14.4 Å². The molecule has 33 heavy (non-hydrogen) atoms. The molecule has 0 atom stereocenters. The number of hydrogen-bond donors (Lipinski definition) is 1. The Morgan fingerprint density at radius 3 is 2.85 bits per heavy atom. The van der Waals surface area contributed by atoms with Crippen LogP contribution in [-0.4, -0.2) is 48.0 Å². The number of methoxy groups -OCH3 is 2. The normalized spacial score (nSPS) is 12.7. The minimum atomic E-state index is -0.525. The van der Waals surface area contributed by atoms with Crippen LogP contribution in [0.3, 0.4) is 0 Å². The Morgan fingerprint density at radius 2 is 2.06 bits per heavy atom. The number of benzene rings is 1. The van der Waals surface area contributed by atoms with Crippen molar-refractivity contribution >= 4 is 50.9 Å². The first-order chi connectivity index (χ1) is 16.0. The van der Waals surface area contributed by atoms with E-state index in [0.29, 0.717) is 30.4 Å². The van der Waals surface area contributed by atoms with Gasteiger partial charge in [-0.05, 0) is 43.4 Å². The number of carbonyl (C=O) groups is 2. The molecular formula is C23H25N3O5S2. The second-order valence-corrected chi connectivity index (χ2v) is 9.64. The van der Waals surface area contributed by atoms with Crippen LogP contribution in [0.15, 0.2) is 34.2 Å². The van der Waals surface area contributed by atoms with E-state index in [1.165, 1.54) is 23.7 Å². The molecule has 0 fully saturated rings. The summed E-state index contributed by atoms with van der Waals surface area (Å²) in [6.45, 7) is 0.997. The second kappa shape index (κ2) is 10.5. The first kappa shape index (κ1) is 23.5. The van der Waals surface area contributed by atoms with Gasteiger partial charge in [-0.3, -0.25) is 14.2 Å². The fourth-order valence-electron chi connectivity index (χ4n) is 3.93. The van der Waals surface area contributed by atoms with Crippen molar-refractivity contribution in [3.8, 4) is 0 Å². The fourth-order valence-corrected chi connectivity index (χ4v) is 6.06. The SMILES string of the molecule is COCCCn1c(SCC(=O)Nc2ccccc2C(=O)OC)nc2sc3c(c2c1=O)CCC3. The van der Waals surface area contributed by atoms with Crippen LogP contribution in [0.2, 0.25) is 0 Å². The highest BCUT2D eigenvalue weighted by molar-refractivity contribution is 7.99. The Labute approximate surface area is 199 Å². The number of fused-ring (bicyclic) bond motifs is 3. The quantitative estimate of drug-likeness (QED) is 0.213. The Morgan fingerprint density at radius 1 is 1.24 bits per heavy atom. The molecule has 8 nitrogen and oxygen atoms in total. The smallest absolute Gasteiger partial charge is 0.339 e. The zero-order valence-corrected chi connectivity index (χ0v) is 20.1. The number of thiophene rings is 1. The maximum atomic E-state index is 13.4. The van der Waals surface area contributed by atoms with E-state index in [-0.39, 0.29) is 22.8 Å². The number of thioether (sulfide) groups is 1. The molecule has 0 radical (unpaired) electrons. The molecule has 0 saturated carbocycles. The van der Waals surface area contributed by atoms with Gasteiger partial charge in [0.2, 0.25) is 5.91 Å². The van der Waals surface area contributed by atoms with Gasteiger partial charge in [0, 0.05) is 25.1 Å². The van der Waals surface area contributed by atoms with Gasteiger partial charge in [-0.25, -0.2) is 9.78 Å². The van der Waals surface area contributed by atoms with Crippen molar-refractivity contribution in [3.05, 3.63) is 50.6 Å². The Hall–Kier alpha value is -2.69. The average Bonchev–Trinajstić information content (AvgIpc) is 3.40. The summed E-state index contributed by atoms with van der Waals surface area (Å²) >= 11 is 2.79. The lowest BCUT2D eigenvalue weighted by molar-refractivity contribution is -0.113. The van der Waals surface area contributed by atoms with Crippen molar-refractivity contribution in [2.75, 3.05) is 31.9 Å². The highest BCUT2D eigenvalue weighted by Crippen LogP contribution is 2.35. The van der Waals surface area contributed by atoms with Crippen LogP contribution in [0.25, 0.3) is 10.2 Å². The number of amides is 1. The zero-order chi connectivity index (χ0) is 23.4. The topological polar surface area (TPSA) is 99.5 Å². The molecule has 0 unspecified atom stereocenters. The Balaban J connectivity index is 1.57. The van der Waals surface area contributed by atoms with Crippen molar-refractivity contribution in [1.82, 2.24) is 9.55 Å². The van der Waals surface area contributed by atoms with Gasteiger partial charge in [-0.15, -0.1) is 11.3 Å². The molecule has 0 spiro atoms. The maximum absolute atomic E-state index is 13.4. The molecule has 0 saturated heterocycles. The third-order valence-electron chi connectivity index (χ3n) is 5.46. The van der Waals surface area contributed by atoms with E-state index in [4.69, 9.17) is 14.5 Å². The van der Waals surface area contributed by atoms with E-state index < -0.39 is 5.97 Å². The van der Waals surface area contributed by atoms with E-state index in [1.807, 2.05) is 0 Å². The third-order valence-corrected chi connectivity index (χ3v) is 7.62. The summed E-state index contributed by atoms with van der Waals surface area (Å²) in [6.07, 6.45) is 3.65. The number of aryl methyl sites for hydroxylation is 2. The zero-order valence-electron chi connectivity index (χ0n) is 18.5. The van der Waals surface area contributed by atoms with Gasteiger partial charge in [-0.2, -0.15) is 0 Å². The second-order valence-electron chi connectivity index (χ2n) is 7.61. The van der Waals surface area contributed by atoms with Crippen molar-refractivity contribution in [2.24, 2.45) is 0 Å². The molecule has 1 amide bonds. The summed E-state index contributed by atoms with van der Waals surface area (Å²) < 4.78 is 11.6. The molecule has 1 aliphatic rings. The van der Waals surface area contributed by atoms with Crippen LogP contribution >= 0.6 is 23.1 Å². The molecule has 1 aliphatic carbocycles. The average molecular weight is 488 g/mol. The number of rotatable bonds is 9. The summed E-state index contributed by atoms with van der Waals surface area (Å²) in [5.41, 5.74) is 1.75. The van der Waals surface area contributed by atoms with Crippen LogP contribution in [0.4, 0.5) is 5.69 Å². The van der Waals surface area contributed by atoms with Crippen LogP contribution < -0.4 is 10.9 Å². The van der Waals surface area contributed by atoms with Crippen LogP contribution in [0.5, 0.6) is 0 Å². The summed E-state index contributed by atoms with van der Waals surface area (Å²) in [5.74, 6) is -0.783. The number of esters is 1. The van der Waals surface area contributed by atoms with Crippen LogP contribution in [-0.2, 0) is 33.7 Å². The van der Waals surface area contributed by atoms with Crippen molar-refractivity contribution in [3.63, 3.8) is 0 Å². The maximum Gasteiger partial charge on any atom is 0.339 e. The number of ether oxygens (including phenoxy) is 2. The monoisotopic (exact) mass is 487 g/mol. The predicted octanol–water partition coefficient (Wildman–Crippen LogP) is 3.50. The van der Waals surface area contributed by atoms with Gasteiger partial charge in [0.25, 0.3) is 5.56 Å². The fraction of sp³-hybridized carbons (Fsp3) is 0.391. The number of anilines is 1. The number of nitrogens with one attached hydrogen (secondary N) is 1. The van der Waals surface area contributed by atoms with Crippen LogP contribution in [0, 0.1) is 0 Å². The summed E-state index contributed by atoms with van der Waals surface area (Å²) in [6, 6.07) is 6.67. The van der Waals surface area contributed by atoms with E-state index in [1.54, 1.807) is 47.3 Å². The van der Waals surface area contributed by atoms with Crippen LogP contribution in [0.1, 0.15) is 33.6 Å². The number of para-hydroxylation sites is 1. The molecule has 2 heterocycles. The minimum absolute atomic E-state index is 0.0445. The Kier molecular flexibility index (Phi) is 7.46. The number of hydrogen-bond acceptors (Lipinski definition) is 8. The number of nitrogens with zero attached hydrogens (tertiary/aromatic N) is 2. The summed E-state index contributed by atoms with van der Waals surface area (Å²) in [5, 5.41) is 4.00. The van der Waals surface area contributed by atoms with Gasteiger partial charge >= 0.3 is 5.97 Å². The summed E-state index contributed by atoms with van der Waals surface area (Å²) in [4.78, 5) is 44.7. The van der Waals surface area contributed by atoms with Gasteiger partial charge in [0.15, 0.2) is 5.16 Å². The highest BCUT2D eigenvalue weighted by atomic mass is 32.2. The van der Waals surface area contributed by atoms with Crippen molar-refractivity contribution < 1.29 is 19.1 Å². The van der Waals surface area contributed by atoms with E-state index in [2.05, 4.69) is 5.32 Å². The predicted molar refractivity (Wildman–Crippen MR) is 130 cm³/mol. The molecule has 3 aromatic rings. The molecule has 2 aromatic heterocycles. The minimum Gasteiger partial charge on any atom is -0.465 e. The molecular weight excluding hydrogens is 462 g/mol. The van der Waals surface area contributed by atoms with Gasteiger partial charge in [0.1, 0.15) is 4.83 Å². The molecule has 0 bridgehead atoms. The highest BCUT2D eigenvalue weighted by Gasteiger charge is 2.23. The van der Waals surface area contributed by atoms with Crippen molar-refractivity contribution in [2.45, 2.75) is 37.4 Å². The third kappa shape index (κ3) is 4.97. The standard InChI is InChI=1S/C23H25N3O5S2/c1-30-12-6-11-26-21(28)19-15-8-5-10-17(15)33-20(19)25-23(26)32-13-18(27)24-16-9-4-3-7-14(16)22(29)31-2/h3-4,7,9H,5-6,8,10-13H2,1-2H3,(H,24,27). The molecule has 1 aromatic carbocycles. The summed E-state index contributed by atoms with van der Waals surface area (Å²) in [7, 11) is 2.92. The van der Waals surface area contributed by atoms with Gasteiger partial charge in [0.05, 0.1) is 29.5 Å².